The van der Waals surface area contributed by atoms with Crippen LogP contribution in [0.15, 0.2) is 0 Å². The fourth-order valence-corrected chi connectivity index (χ4v) is 2.06. The van der Waals surface area contributed by atoms with Crippen LogP contribution in [-0.4, -0.2) is 55.9 Å². The van der Waals surface area contributed by atoms with E-state index in [0.29, 0.717) is 12.3 Å². The highest BCUT2D eigenvalue weighted by Gasteiger charge is 2.29. The molecule has 0 aliphatic rings. The summed E-state index contributed by atoms with van der Waals surface area (Å²) in [6.45, 7) is 5.14. The van der Waals surface area contributed by atoms with Crippen LogP contribution in [0.4, 0.5) is 0 Å². The van der Waals surface area contributed by atoms with Gasteiger partial charge in [-0.3, -0.25) is 9.59 Å². The number of nitrogens with one attached hydrogen (secondary N) is 3. The third-order valence-corrected chi connectivity index (χ3v) is 3.44. The van der Waals surface area contributed by atoms with Crippen molar-refractivity contribution in [3.05, 3.63) is 0 Å². The van der Waals surface area contributed by atoms with Crippen LogP contribution in [0.1, 0.15) is 27.2 Å². The number of likely N-dealkylation sites (N-methyl/N-ethyl adjacent to an activating group) is 1. The lowest BCUT2D eigenvalue weighted by Crippen LogP contribution is -2.56. The van der Waals surface area contributed by atoms with Gasteiger partial charge in [0.25, 0.3) is 0 Å². The van der Waals surface area contributed by atoms with Gasteiger partial charge < -0.3 is 20.7 Å². The minimum absolute atomic E-state index is 0.137. The van der Waals surface area contributed by atoms with Gasteiger partial charge in [0, 0.05) is 5.88 Å². The molecule has 0 radical (unpaired) electrons. The monoisotopic (exact) mass is 335 g/mol. The maximum Gasteiger partial charge on any atom is 0.328 e. The average molecular weight is 336 g/mol. The van der Waals surface area contributed by atoms with E-state index in [1.807, 2.05) is 13.8 Å². The smallest absolute Gasteiger partial charge is 0.328 e. The van der Waals surface area contributed by atoms with E-state index < -0.39 is 30.0 Å². The number of amides is 2. The SMILES string of the molecule is CN[C@@H](CCCl)C(=O)N[C@H](C(=O)N[C@@H](C)C(=O)OC)C(C)C. The molecular weight excluding hydrogens is 310 g/mol. The number of alkyl halides is 1. The Morgan fingerprint density at radius 1 is 1.09 bits per heavy atom. The molecule has 2 amide bonds. The molecule has 3 atom stereocenters. The molecule has 0 rings (SSSR count). The zero-order valence-corrected chi connectivity index (χ0v) is 14.5. The predicted octanol–water partition coefficient (Wildman–Crippen LogP) is 0.0218. The highest BCUT2D eigenvalue weighted by atomic mass is 35.5. The number of ether oxygens (including phenoxy) is 1. The summed E-state index contributed by atoms with van der Waals surface area (Å²) < 4.78 is 4.56. The second kappa shape index (κ2) is 10.4. The summed E-state index contributed by atoms with van der Waals surface area (Å²) in [6, 6.07) is -1.99. The lowest BCUT2D eigenvalue weighted by Gasteiger charge is -2.25. The van der Waals surface area contributed by atoms with Gasteiger partial charge in [0.05, 0.1) is 13.2 Å². The summed E-state index contributed by atoms with van der Waals surface area (Å²) in [4.78, 5) is 35.7. The molecule has 3 N–H and O–H groups in total. The number of methoxy groups -OCH3 is 1. The minimum Gasteiger partial charge on any atom is -0.467 e. The molecule has 0 aliphatic heterocycles. The fraction of sp³-hybridized carbons (Fsp3) is 0.786. The van der Waals surface area contributed by atoms with Gasteiger partial charge in [-0.25, -0.2) is 4.79 Å². The van der Waals surface area contributed by atoms with Crippen molar-refractivity contribution >= 4 is 29.4 Å². The minimum atomic E-state index is -0.779. The zero-order valence-electron chi connectivity index (χ0n) is 13.7. The third kappa shape index (κ3) is 6.62. The molecular formula is C14H26ClN3O4. The summed E-state index contributed by atoms with van der Waals surface area (Å²) in [5, 5.41) is 8.07. The molecule has 0 aromatic heterocycles. The summed E-state index contributed by atoms with van der Waals surface area (Å²) in [5.74, 6) is -1.08. The summed E-state index contributed by atoms with van der Waals surface area (Å²) in [7, 11) is 2.90. The Bertz CT molecular complexity index is 390. The summed E-state index contributed by atoms with van der Waals surface area (Å²) >= 11 is 5.65. The largest absolute Gasteiger partial charge is 0.467 e. The van der Waals surface area contributed by atoms with E-state index in [4.69, 9.17) is 11.6 Å². The first kappa shape index (κ1) is 20.7. The van der Waals surface area contributed by atoms with Crippen LogP contribution >= 0.6 is 11.6 Å². The molecule has 0 heterocycles. The number of esters is 1. The molecule has 0 spiro atoms. The quantitative estimate of drug-likeness (QED) is 0.408. The van der Waals surface area contributed by atoms with Crippen molar-refractivity contribution in [2.45, 2.75) is 45.3 Å². The molecule has 0 saturated carbocycles. The number of halogens is 1. The van der Waals surface area contributed by atoms with Crippen LogP contribution in [0, 0.1) is 5.92 Å². The fourth-order valence-electron chi connectivity index (χ4n) is 1.84. The molecule has 0 fully saturated rings. The van der Waals surface area contributed by atoms with Crippen molar-refractivity contribution in [2.75, 3.05) is 20.0 Å². The van der Waals surface area contributed by atoms with Crippen molar-refractivity contribution in [1.29, 1.82) is 0 Å². The average Bonchev–Trinajstić information content (AvgIpc) is 2.48. The van der Waals surface area contributed by atoms with Gasteiger partial charge in [0.2, 0.25) is 11.8 Å². The second-order valence-electron chi connectivity index (χ2n) is 5.30. The number of hydrogen-bond donors (Lipinski definition) is 3. The lowest BCUT2D eigenvalue weighted by molar-refractivity contribution is -0.145. The van der Waals surface area contributed by atoms with Crippen LogP contribution in [0.3, 0.4) is 0 Å². The van der Waals surface area contributed by atoms with Crippen LogP contribution in [0.25, 0.3) is 0 Å². The van der Waals surface area contributed by atoms with E-state index in [0.717, 1.165) is 0 Å². The number of hydrogen-bond acceptors (Lipinski definition) is 5. The van der Waals surface area contributed by atoms with E-state index in [1.54, 1.807) is 7.05 Å². The van der Waals surface area contributed by atoms with E-state index >= 15 is 0 Å². The summed E-state index contributed by atoms with van der Waals surface area (Å²) in [5.41, 5.74) is 0. The number of rotatable bonds is 9. The Kier molecular flexibility index (Phi) is 9.76. The number of carbonyl (C=O) groups excluding carboxylic acids is 3. The van der Waals surface area contributed by atoms with Crippen LogP contribution in [-0.2, 0) is 19.1 Å². The standard InChI is InChI=1S/C14H26ClN3O4/c1-8(2)11(13(20)17-9(3)14(21)22-5)18-12(19)10(16-4)6-7-15/h8-11,16H,6-7H2,1-5H3,(H,17,20)(H,18,19)/t9-,10-,11-/m0/s1. The Hall–Kier alpha value is -1.34. The molecule has 7 nitrogen and oxygen atoms in total. The van der Waals surface area contributed by atoms with Crippen molar-refractivity contribution in [1.82, 2.24) is 16.0 Å². The highest BCUT2D eigenvalue weighted by Crippen LogP contribution is 2.05. The molecule has 0 unspecified atom stereocenters. The van der Waals surface area contributed by atoms with Gasteiger partial charge in [-0.05, 0) is 26.3 Å². The van der Waals surface area contributed by atoms with Gasteiger partial charge in [0.15, 0.2) is 0 Å². The third-order valence-electron chi connectivity index (χ3n) is 3.22. The van der Waals surface area contributed by atoms with Gasteiger partial charge in [0.1, 0.15) is 12.1 Å². The molecule has 0 saturated heterocycles. The first-order chi connectivity index (χ1) is 10.3. The van der Waals surface area contributed by atoms with E-state index in [-0.39, 0.29) is 11.8 Å². The van der Waals surface area contributed by atoms with Crippen molar-refractivity contribution in [3.8, 4) is 0 Å². The van der Waals surface area contributed by atoms with E-state index in [1.165, 1.54) is 14.0 Å². The summed E-state index contributed by atoms with van der Waals surface area (Å²) in [6.07, 6.45) is 0.453. The van der Waals surface area contributed by atoms with Crippen LogP contribution in [0.2, 0.25) is 0 Å². The predicted molar refractivity (Wildman–Crippen MR) is 84.6 cm³/mol. The normalized spacial score (nSPS) is 14.9. The van der Waals surface area contributed by atoms with E-state index in [2.05, 4.69) is 20.7 Å². The van der Waals surface area contributed by atoms with Crippen LogP contribution < -0.4 is 16.0 Å². The van der Waals surface area contributed by atoms with Crippen molar-refractivity contribution in [2.24, 2.45) is 5.92 Å². The zero-order chi connectivity index (χ0) is 17.3. The highest BCUT2D eigenvalue weighted by molar-refractivity contribution is 6.18. The lowest BCUT2D eigenvalue weighted by atomic mass is 10.0. The second-order valence-corrected chi connectivity index (χ2v) is 5.68. The Labute approximate surface area is 136 Å². The van der Waals surface area contributed by atoms with E-state index in [9.17, 15) is 14.4 Å². The maximum absolute atomic E-state index is 12.2. The Morgan fingerprint density at radius 2 is 1.68 bits per heavy atom. The van der Waals surface area contributed by atoms with Gasteiger partial charge in [-0.2, -0.15) is 0 Å². The molecule has 128 valence electrons. The molecule has 8 heteroatoms. The first-order valence-electron chi connectivity index (χ1n) is 7.20. The van der Waals surface area contributed by atoms with Crippen molar-refractivity contribution < 1.29 is 19.1 Å². The maximum atomic E-state index is 12.2. The van der Waals surface area contributed by atoms with Gasteiger partial charge in [-0.15, -0.1) is 11.6 Å². The van der Waals surface area contributed by atoms with Crippen LogP contribution in [0.5, 0.6) is 0 Å². The first-order valence-corrected chi connectivity index (χ1v) is 7.73. The Balaban J connectivity index is 4.82. The molecule has 22 heavy (non-hydrogen) atoms. The number of carbonyl (C=O) groups is 3. The molecule has 0 bridgehead atoms. The molecule has 0 aromatic rings. The molecule has 0 aliphatic carbocycles. The topological polar surface area (TPSA) is 96.5 Å². The van der Waals surface area contributed by atoms with Gasteiger partial charge in [-0.1, -0.05) is 13.8 Å². The molecule has 0 aromatic carbocycles. The van der Waals surface area contributed by atoms with Crippen molar-refractivity contribution in [3.63, 3.8) is 0 Å². The Morgan fingerprint density at radius 3 is 2.09 bits per heavy atom. The van der Waals surface area contributed by atoms with Gasteiger partial charge >= 0.3 is 5.97 Å².